The highest BCUT2D eigenvalue weighted by atomic mass is 32.1. The number of aliphatic hydroxyl groups is 1. The number of amides is 2. The van der Waals surface area contributed by atoms with E-state index in [-0.39, 0.29) is 41.9 Å². The average molecular weight is 753 g/mol. The van der Waals surface area contributed by atoms with E-state index in [1.54, 1.807) is 30.4 Å². The molecule has 2 saturated heterocycles. The number of hydrogen-bond donors (Lipinski definition) is 3. The van der Waals surface area contributed by atoms with Crippen LogP contribution in [0.4, 0.5) is 0 Å². The maximum Gasteiger partial charge on any atom is 0.308 e. The fourth-order valence-corrected chi connectivity index (χ4v) is 7.89. The number of esters is 2. The van der Waals surface area contributed by atoms with Crippen molar-refractivity contribution in [2.75, 3.05) is 54.2 Å². The van der Waals surface area contributed by atoms with E-state index in [9.17, 15) is 24.3 Å². The van der Waals surface area contributed by atoms with Gasteiger partial charge in [0, 0.05) is 68.3 Å². The van der Waals surface area contributed by atoms with Crippen LogP contribution >= 0.6 is 22.7 Å². The molecular weight excluding hydrogens is 701 g/mol. The van der Waals surface area contributed by atoms with Crippen molar-refractivity contribution in [3.05, 3.63) is 32.7 Å². The van der Waals surface area contributed by atoms with Crippen molar-refractivity contribution in [1.82, 2.24) is 30.4 Å². The molecule has 17 heteroatoms. The molecule has 0 bridgehead atoms. The molecule has 15 nitrogen and oxygen atoms in total. The molecule has 2 aromatic heterocycles. The lowest BCUT2D eigenvalue weighted by Gasteiger charge is -2.42. The zero-order chi connectivity index (χ0) is 37.2. The summed E-state index contributed by atoms with van der Waals surface area (Å²) in [5.74, 6) is -2.18. The number of carbonyl (C=O) groups is 4. The van der Waals surface area contributed by atoms with Crippen LogP contribution in [0, 0.1) is 17.8 Å². The van der Waals surface area contributed by atoms with Crippen molar-refractivity contribution in [3.8, 4) is 0 Å². The standard InChI is InChI=1S/C34H52N6O9S2/c1-19(2)25(40(6)33(44)29(22-15-48-16-22)38-31(43)26-17-47-10-9-39(26)5)14-27(49-21(4)41)32-37-24(18-51-32)30(42)36-23(12-20(3)34(45)46-7)13-28-35-8-11-50-28/h8,11,18-20,22-23,25-27,29,31,38,43H,9-10,12-17H2,1-7H3,(H,36,42)/t20-,23+,25+,26+,27+,29-,31?/m0/s1. The zero-order valence-electron chi connectivity index (χ0n) is 30.4. The van der Waals surface area contributed by atoms with Crippen molar-refractivity contribution in [3.63, 3.8) is 0 Å². The molecule has 2 aliphatic rings. The molecule has 284 valence electrons. The molecule has 0 spiro atoms. The predicted octanol–water partition coefficient (Wildman–Crippen LogP) is 1.87. The van der Waals surface area contributed by atoms with Crippen LogP contribution in [-0.2, 0) is 39.8 Å². The lowest BCUT2D eigenvalue weighted by atomic mass is 9.92. The van der Waals surface area contributed by atoms with Crippen LogP contribution in [0.2, 0.25) is 0 Å². The van der Waals surface area contributed by atoms with Gasteiger partial charge in [-0.15, -0.1) is 22.7 Å². The number of likely N-dealkylation sites (N-methyl/N-ethyl adjacent to an activating group) is 2. The van der Waals surface area contributed by atoms with Crippen molar-refractivity contribution in [2.45, 2.75) is 83.5 Å². The number of nitrogens with zero attached hydrogens (tertiary/aromatic N) is 4. The van der Waals surface area contributed by atoms with Gasteiger partial charge in [-0.2, -0.15) is 0 Å². The smallest absolute Gasteiger partial charge is 0.308 e. The highest BCUT2D eigenvalue weighted by molar-refractivity contribution is 7.10. The van der Waals surface area contributed by atoms with Gasteiger partial charge in [0.2, 0.25) is 5.91 Å². The van der Waals surface area contributed by atoms with Gasteiger partial charge < -0.3 is 34.3 Å². The van der Waals surface area contributed by atoms with Gasteiger partial charge in [-0.05, 0) is 19.4 Å². The number of thiazole rings is 2. The molecule has 2 amide bonds. The molecule has 51 heavy (non-hydrogen) atoms. The van der Waals surface area contributed by atoms with Gasteiger partial charge in [-0.3, -0.25) is 29.4 Å². The number of morpholine rings is 1. The molecule has 3 N–H and O–H groups in total. The molecule has 7 atom stereocenters. The van der Waals surface area contributed by atoms with Crippen LogP contribution in [0.3, 0.4) is 0 Å². The van der Waals surface area contributed by atoms with Gasteiger partial charge in [0.1, 0.15) is 16.9 Å². The third kappa shape index (κ3) is 11.2. The average Bonchev–Trinajstić information content (AvgIpc) is 3.77. The van der Waals surface area contributed by atoms with Crippen molar-refractivity contribution in [2.24, 2.45) is 17.8 Å². The molecule has 1 unspecified atom stereocenters. The number of ether oxygens (including phenoxy) is 4. The van der Waals surface area contributed by atoms with Gasteiger partial charge in [-0.25, -0.2) is 9.97 Å². The third-order valence-electron chi connectivity index (χ3n) is 9.45. The molecule has 4 heterocycles. The minimum absolute atomic E-state index is 0.0516. The fourth-order valence-electron chi connectivity index (χ4n) is 6.35. The van der Waals surface area contributed by atoms with E-state index in [4.69, 9.17) is 18.9 Å². The summed E-state index contributed by atoms with van der Waals surface area (Å²) in [5, 5.41) is 22.0. The number of hydrogen-bond acceptors (Lipinski definition) is 15. The monoisotopic (exact) mass is 752 g/mol. The summed E-state index contributed by atoms with van der Waals surface area (Å²) in [6.07, 6.45) is 0.847. The van der Waals surface area contributed by atoms with Crippen LogP contribution < -0.4 is 10.6 Å². The molecular formula is C34H52N6O9S2. The Hall–Kier alpha value is -3.06. The molecule has 0 radical (unpaired) electrons. The molecule has 0 aromatic carbocycles. The summed E-state index contributed by atoms with van der Waals surface area (Å²) >= 11 is 2.65. The van der Waals surface area contributed by atoms with E-state index in [0.29, 0.717) is 50.8 Å². The molecule has 0 aliphatic carbocycles. The molecule has 4 rings (SSSR count). The summed E-state index contributed by atoms with van der Waals surface area (Å²) in [5.41, 5.74) is 0.146. The summed E-state index contributed by atoms with van der Waals surface area (Å²) in [7, 11) is 4.96. The number of aliphatic hydroxyl groups excluding tert-OH is 1. The highest BCUT2D eigenvalue weighted by Gasteiger charge is 2.41. The fraction of sp³-hybridized carbons (Fsp3) is 0.706. The van der Waals surface area contributed by atoms with E-state index < -0.39 is 48.3 Å². The maximum absolute atomic E-state index is 14.2. The number of rotatable bonds is 18. The van der Waals surface area contributed by atoms with Crippen molar-refractivity contribution >= 4 is 46.4 Å². The Kier molecular flexibility index (Phi) is 15.3. The van der Waals surface area contributed by atoms with Gasteiger partial charge >= 0.3 is 11.9 Å². The van der Waals surface area contributed by atoms with E-state index in [2.05, 4.69) is 20.6 Å². The number of carbonyl (C=O) groups excluding carboxylic acids is 4. The Bertz CT molecular complexity index is 1440. The van der Waals surface area contributed by atoms with Gasteiger partial charge in [0.15, 0.2) is 6.10 Å². The third-order valence-corrected chi connectivity index (χ3v) is 11.2. The Morgan fingerprint density at radius 1 is 1.14 bits per heavy atom. The van der Waals surface area contributed by atoms with Gasteiger partial charge in [0.05, 0.1) is 56.5 Å². The van der Waals surface area contributed by atoms with Crippen LogP contribution in [0.15, 0.2) is 17.0 Å². The van der Waals surface area contributed by atoms with E-state index in [1.165, 1.54) is 36.7 Å². The summed E-state index contributed by atoms with van der Waals surface area (Å²) < 4.78 is 21.7. The Morgan fingerprint density at radius 3 is 2.47 bits per heavy atom. The first-order valence-corrected chi connectivity index (χ1v) is 19.0. The van der Waals surface area contributed by atoms with Crippen molar-refractivity contribution < 1.29 is 43.2 Å². The largest absolute Gasteiger partial charge is 0.469 e. The Balaban J connectivity index is 1.49. The zero-order valence-corrected chi connectivity index (χ0v) is 32.0. The van der Waals surface area contributed by atoms with Crippen LogP contribution in [-0.4, -0.2) is 133 Å². The first-order valence-electron chi connectivity index (χ1n) is 17.2. The first kappa shape index (κ1) is 40.7. The number of aromatic nitrogens is 2. The van der Waals surface area contributed by atoms with E-state index in [0.717, 1.165) is 5.01 Å². The molecule has 2 aromatic rings. The number of methoxy groups -OCH3 is 1. The molecule has 0 saturated carbocycles. The summed E-state index contributed by atoms with van der Waals surface area (Å²) in [6.45, 7) is 9.39. The highest BCUT2D eigenvalue weighted by Crippen LogP contribution is 2.31. The van der Waals surface area contributed by atoms with Gasteiger partial charge in [0.25, 0.3) is 5.91 Å². The summed E-state index contributed by atoms with van der Waals surface area (Å²) in [4.78, 5) is 64.7. The Morgan fingerprint density at radius 2 is 1.88 bits per heavy atom. The van der Waals surface area contributed by atoms with Crippen LogP contribution in [0.5, 0.6) is 0 Å². The quantitative estimate of drug-likeness (QED) is 0.149. The normalized spacial score (nSPS) is 20.4. The topological polar surface area (TPSA) is 182 Å². The Labute approximate surface area is 307 Å². The first-order chi connectivity index (χ1) is 24.3. The maximum atomic E-state index is 14.2. The van der Waals surface area contributed by atoms with E-state index >= 15 is 0 Å². The summed E-state index contributed by atoms with van der Waals surface area (Å²) in [6, 6.07) is -1.83. The lowest BCUT2D eigenvalue weighted by molar-refractivity contribution is -0.151. The molecule has 2 aliphatic heterocycles. The minimum Gasteiger partial charge on any atom is -0.469 e. The lowest BCUT2D eigenvalue weighted by Crippen LogP contribution is -2.63. The van der Waals surface area contributed by atoms with Crippen LogP contribution in [0.25, 0.3) is 0 Å². The predicted molar refractivity (Wildman–Crippen MR) is 190 cm³/mol. The number of nitrogens with one attached hydrogen (secondary N) is 2. The second-order valence-corrected chi connectivity index (χ2v) is 15.5. The SMILES string of the molecule is COC(=O)[C@@H](C)C[C@H](Cc1nccs1)NC(=O)c1csc([C@@H](C[C@H](C(C)C)N(C)C(=O)[C@@H](NC(O)[C@H]2COCCN2C)C2COC2)OC(C)=O)n1. The molecule has 2 fully saturated rings. The minimum atomic E-state index is -1.01. The second kappa shape index (κ2) is 19.1. The second-order valence-electron chi connectivity index (χ2n) is 13.6. The van der Waals surface area contributed by atoms with Crippen molar-refractivity contribution in [1.29, 1.82) is 0 Å². The van der Waals surface area contributed by atoms with Crippen LogP contribution in [0.1, 0.15) is 67.1 Å². The van der Waals surface area contributed by atoms with E-state index in [1.807, 2.05) is 31.2 Å². The van der Waals surface area contributed by atoms with Gasteiger partial charge in [-0.1, -0.05) is 20.8 Å².